The normalized spacial score (nSPS) is 10.4. The minimum Gasteiger partial charge on any atom is -0.379 e. The maximum atomic E-state index is 4.32. The van der Waals surface area contributed by atoms with Gasteiger partial charge in [-0.15, -0.1) is 0 Å². The highest BCUT2D eigenvalue weighted by Gasteiger charge is 1.99. The molecule has 0 atom stereocenters. The van der Waals surface area contributed by atoms with Crippen molar-refractivity contribution in [3.8, 4) is 5.69 Å². The molecule has 5 nitrogen and oxygen atoms in total. The van der Waals surface area contributed by atoms with Crippen LogP contribution in [-0.2, 0) is 6.54 Å². The highest BCUT2D eigenvalue weighted by Crippen LogP contribution is 2.13. The van der Waals surface area contributed by atoms with Gasteiger partial charge in [-0.25, -0.2) is 0 Å². The van der Waals surface area contributed by atoms with E-state index in [0.717, 1.165) is 21.5 Å². The van der Waals surface area contributed by atoms with Gasteiger partial charge >= 0.3 is 0 Å². The number of nitrogens with zero attached hydrogens (tertiary/aromatic N) is 4. The van der Waals surface area contributed by atoms with E-state index in [1.54, 1.807) is 23.4 Å². The Hall–Kier alpha value is -2.21. The summed E-state index contributed by atoms with van der Waals surface area (Å²) < 4.78 is 0.984. The quantitative estimate of drug-likeness (QED) is 0.799. The fourth-order valence-corrected chi connectivity index (χ4v) is 2.00. The van der Waals surface area contributed by atoms with Gasteiger partial charge in [0.1, 0.15) is 0 Å². The summed E-state index contributed by atoms with van der Waals surface area (Å²) in [6.07, 6.45) is 5.11. The highest BCUT2D eigenvalue weighted by molar-refractivity contribution is 9.10. The molecule has 3 aromatic rings. The molecule has 6 heteroatoms. The number of hydrogen-bond donors (Lipinski definition) is 1. The fraction of sp³-hybridized carbons (Fsp3) is 0.0714. The standard InChI is InChI=1S/C14H12BrN5/c15-11-1-2-13(16-9-11)10-17-12-3-5-14(6-4-12)20-18-7-8-19-20/h1-9,17H,10H2. The summed E-state index contributed by atoms with van der Waals surface area (Å²) in [5.74, 6) is 0. The van der Waals surface area contributed by atoms with Gasteiger partial charge in [-0.3, -0.25) is 4.98 Å². The monoisotopic (exact) mass is 329 g/mol. The molecule has 2 heterocycles. The smallest absolute Gasteiger partial charge is 0.0858 e. The van der Waals surface area contributed by atoms with Crippen LogP contribution in [0.1, 0.15) is 5.69 Å². The maximum Gasteiger partial charge on any atom is 0.0858 e. The molecule has 2 aromatic heterocycles. The van der Waals surface area contributed by atoms with Gasteiger partial charge in [0.05, 0.1) is 30.3 Å². The van der Waals surface area contributed by atoms with Gasteiger partial charge in [0.25, 0.3) is 0 Å². The summed E-state index contributed by atoms with van der Waals surface area (Å²) in [4.78, 5) is 5.90. The molecule has 20 heavy (non-hydrogen) atoms. The number of hydrogen-bond acceptors (Lipinski definition) is 4. The molecule has 0 unspecified atom stereocenters. The zero-order chi connectivity index (χ0) is 13.8. The lowest BCUT2D eigenvalue weighted by atomic mass is 10.2. The van der Waals surface area contributed by atoms with E-state index in [1.165, 1.54) is 0 Å². The molecule has 0 amide bonds. The first-order chi connectivity index (χ1) is 9.81. The second kappa shape index (κ2) is 5.83. The summed E-state index contributed by atoms with van der Waals surface area (Å²) in [6.45, 7) is 0.687. The Morgan fingerprint density at radius 2 is 1.75 bits per heavy atom. The van der Waals surface area contributed by atoms with E-state index in [-0.39, 0.29) is 0 Å². The van der Waals surface area contributed by atoms with Crippen LogP contribution in [0, 0.1) is 0 Å². The van der Waals surface area contributed by atoms with Crippen LogP contribution in [0.4, 0.5) is 5.69 Å². The van der Waals surface area contributed by atoms with Crippen molar-refractivity contribution in [3.63, 3.8) is 0 Å². The minimum absolute atomic E-state index is 0.687. The lowest BCUT2D eigenvalue weighted by molar-refractivity contribution is 0.752. The molecule has 0 saturated carbocycles. The molecule has 0 aliphatic rings. The first-order valence-electron chi connectivity index (χ1n) is 6.12. The third-order valence-corrected chi connectivity index (χ3v) is 3.25. The molecule has 0 spiro atoms. The van der Waals surface area contributed by atoms with Crippen LogP contribution in [0.2, 0.25) is 0 Å². The van der Waals surface area contributed by atoms with Crippen LogP contribution in [0.25, 0.3) is 5.69 Å². The van der Waals surface area contributed by atoms with Gasteiger partial charge < -0.3 is 5.32 Å². The van der Waals surface area contributed by atoms with Crippen LogP contribution in [0.5, 0.6) is 0 Å². The molecule has 0 aliphatic heterocycles. The lowest BCUT2D eigenvalue weighted by Gasteiger charge is -2.07. The van der Waals surface area contributed by atoms with E-state index in [9.17, 15) is 0 Å². The number of rotatable bonds is 4. The predicted octanol–water partition coefficient (Wildman–Crippen LogP) is 3.04. The highest BCUT2D eigenvalue weighted by atomic mass is 79.9. The molecular weight excluding hydrogens is 318 g/mol. The lowest BCUT2D eigenvalue weighted by Crippen LogP contribution is -2.02. The number of benzene rings is 1. The largest absolute Gasteiger partial charge is 0.379 e. The Balaban J connectivity index is 1.65. The van der Waals surface area contributed by atoms with Crippen LogP contribution in [0.3, 0.4) is 0 Å². The van der Waals surface area contributed by atoms with Gasteiger partial charge in [-0.2, -0.15) is 15.0 Å². The summed E-state index contributed by atoms with van der Waals surface area (Å²) in [6, 6.07) is 11.9. The Labute approximate surface area is 124 Å². The third-order valence-electron chi connectivity index (χ3n) is 2.78. The number of anilines is 1. The van der Waals surface area contributed by atoms with Crippen molar-refractivity contribution in [3.05, 3.63) is 65.2 Å². The molecule has 0 saturated heterocycles. The van der Waals surface area contributed by atoms with E-state index in [4.69, 9.17) is 0 Å². The number of aromatic nitrogens is 4. The van der Waals surface area contributed by atoms with Crippen molar-refractivity contribution in [1.82, 2.24) is 20.0 Å². The summed E-state index contributed by atoms with van der Waals surface area (Å²) in [7, 11) is 0. The van der Waals surface area contributed by atoms with Gasteiger partial charge in [0.15, 0.2) is 0 Å². The SMILES string of the molecule is Brc1ccc(CNc2ccc(-n3nccn3)cc2)nc1. The molecular formula is C14H12BrN5. The number of nitrogens with one attached hydrogen (secondary N) is 1. The van der Waals surface area contributed by atoms with Gasteiger partial charge in [0, 0.05) is 16.4 Å². The Morgan fingerprint density at radius 3 is 2.40 bits per heavy atom. The van der Waals surface area contributed by atoms with E-state index < -0.39 is 0 Å². The van der Waals surface area contributed by atoms with Crippen LogP contribution in [-0.4, -0.2) is 20.0 Å². The van der Waals surface area contributed by atoms with Gasteiger partial charge in [-0.05, 0) is 52.3 Å². The van der Waals surface area contributed by atoms with Crippen molar-refractivity contribution < 1.29 is 0 Å². The Kier molecular flexibility index (Phi) is 3.73. The molecule has 1 aromatic carbocycles. The first kappa shape index (κ1) is 12.8. The average Bonchev–Trinajstić information content (AvgIpc) is 3.01. The second-order valence-electron chi connectivity index (χ2n) is 4.19. The molecule has 0 radical (unpaired) electrons. The molecule has 0 fully saturated rings. The minimum atomic E-state index is 0.687. The fourth-order valence-electron chi connectivity index (χ4n) is 1.77. The molecule has 100 valence electrons. The van der Waals surface area contributed by atoms with E-state index in [1.807, 2.05) is 36.4 Å². The van der Waals surface area contributed by atoms with Crippen molar-refractivity contribution in [2.24, 2.45) is 0 Å². The predicted molar refractivity (Wildman–Crippen MR) is 80.6 cm³/mol. The summed E-state index contributed by atoms with van der Waals surface area (Å²) in [5, 5.41) is 11.5. The third kappa shape index (κ3) is 3.03. The van der Waals surface area contributed by atoms with Crippen LogP contribution < -0.4 is 5.32 Å². The average molecular weight is 330 g/mol. The topological polar surface area (TPSA) is 55.6 Å². The second-order valence-corrected chi connectivity index (χ2v) is 5.10. The first-order valence-corrected chi connectivity index (χ1v) is 6.91. The summed E-state index contributed by atoms with van der Waals surface area (Å²) >= 11 is 3.37. The number of pyridine rings is 1. The molecule has 1 N–H and O–H groups in total. The molecule has 0 aliphatic carbocycles. The van der Waals surface area contributed by atoms with Crippen molar-refractivity contribution in [2.75, 3.05) is 5.32 Å². The van der Waals surface area contributed by atoms with Gasteiger partial charge in [0.2, 0.25) is 0 Å². The van der Waals surface area contributed by atoms with E-state index >= 15 is 0 Å². The summed E-state index contributed by atoms with van der Waals surface area (Å²) in [5.41, 5.74) is 2.96. The van der Waals surface area contributed by atoms with Crippen LogP contribution >= 0.6 is 15.9 Å². The van der Waals surface area contributed by atoms with E-state index in [0.29, 0.717) is 6.54 Å². The van der Waals surface area contributed by atoms with Crippen molar-refractivity contribution >= 4 is 21.6 Å². The number of halogens is 1. The van der Waals surface area contributed by atoms with Gasteiger partial charge in [-0.1, -0.05) is 0 Å². The van der Waals surface area contributed by atoms with Crippen molar-refractivity contribution in [2.45, 2.75) is 6.54 Å². The Morgan fingerprint density at radius 1 is 1.00 bits per heavy atom. The Bertz CT molecular complexity index is 662. The van der Waals surface area contributed by atoms with Crippen molar-refractivity contribution in [1.29, 1.82) is 0 Å². The molecule has 3 rings (SSSR count). The zero-order valence-corrected chi connectivity index (χ0v) is 12.2. The maximum absolute atomic E-state index is 4.32. The zero-order valence-electron chi connectivity index (χ0n) is 10.6. The van der Waals surface area contributed by atoms with Crippen LogP contribution in [0.15, 0.2) is 59.5 Å². The van der Waals surface area contributed by atoms with E-state index in [2.05, 4.69) is 36.4 Å². The molecule has 0 bridgehead atoms.